The molecule has 1 atom stereocenters. The lowest BCUT2D eigenvalue weighted by molar-refractivity contribution is -0.117. The van der Waals surface area contributed by atoms with Gasteiger partial charge in [-0.1, -0.05) is 31.2 Å². The second-order valence-corrected chi connectivity index (χ2v) is 5.54. The molecule has 6 heteroatoms. The Morgan fingerprint density at radius 2 is 1.77 bits per heavy atom. The molecule has 1 amide bonds. The monoisotopic (exact) mass is 350 g/mol. The molecule has 0 aliphatic rings. The van der Waals surface area contributed by atoms with Crippen molar-refractivity contribution in [2.45, 2.75) is 13.3 Å². The van der Waals surface area contributed by atoms with Gasteiger partial charge in [-0.25, -0.2) is 4.79 Å². The molecule has 0 bridgehead atoms. The maximum Gasteiger partial charge on any atom is 0.337 e. The first-order chi connectivity index (χ1) is 12.5. The van der Waals surface area contributed by atoms with Gasteiger partial charge in [-0.15, -0.1) is 0 Å². The average Bonchev–Trinajstić information content (AvgIpc) is 2.68. The fourth-order valence-corrected chi connectivity index (χ4v) is 2.36. The number of anilines is 1. The fraction of sp³-hybridized carbons (Fsp3) is 0.200. The SMILES string of the molecule is CCc1ccc(NC(=O)C(C#N)C(=O)c2cccc(C(=O)OC)c2)cc1. The standard InChI is InChI=1S/C20H18N2O4/c1-3-13-7-9-16(10-8-13)22-19(24)17(12-21)18(23)14-5-4-6-15(11-14)20(25)26-2/h4-11,17H,3H2,1-2H3,(H,22,24). The third-order valence-corrected chi connectivity index (χ3v) is 3.85. The first-order valence-electron chi connectivity index (χ1n) is 8.02. The number of amides is 1. The zero-order chi connectivity index (χ0) is 19.1. The lowest BCUT2D eigenvalue weighted by atomic mass is 9.96. The molecule has 0 saturated carbocycles. The van der Waals surface area contributed by atoms with Crippen molar-refractivity contribution in [1.82, 2.24) is 0 Å². The lowest BCUT2D eigenvalue weighted by Gasteiger charge is -2.11. The molecule has 0 radical (unpaired) electrons. The van der Waals surface area contributed by atoms with Crippen molar-refractivity contribution in [3.8, 4) is 6.07 Å². The number of esters is 1. The fourth-order valence-electron chi connectivity index (χ4n) is 2.36. The smallest absolute Gasteiger partial charge is 0.337 e. The van der Waals surface area contributed by atoms with E-state index in [9.17, 15) is 19.6 Å². The molecule has 0 fully saturated rings. The highest BCUT2D eigenvalue weighted by Crippen LogP contribution is 2.16. The number of methoxy groups -OCH3 is 1. The number of nitrogens with one attached hydrogen (secondary N) is 1. The molecule has 0 aliphatic carbocycles. The zero-order valence-electron chi connectivity index (χ0n) is 14.5. The summed E-state index contributed by atoms with van der Waals surface area (Å²) < 4.78 is 4.61. The lowest BCUT2D eigenvalue weighted by Crippen LogP contribution is -2.28. The number of aryl methyl sites for hydroxylation is 1. The Kier molecular flexibility index (Phi) is 6.23. The molecule has 0 aromatic heterocycles. The number of ether oxygens (including phenoxy) is 1. The Bertz CT molecular complexity index is 866. The summed E-state index contributed by atoms with van der Waals surface area (Å²) in [5, 5.41) is 11.9. The summed E-state index contributed by atoms with van der Waals surface area (Å²) in [6.07, 6.45) is 0.865. The van der Waals surface area contributed by atoms with Gasteiger partial charge in [-0.2, -0.15) is 5.26 Å². The van der Waals surface area contributed by atoms with Crippen LogP contribution < -0.4 is 5.32 Å². The van der Waals surface area contributed by atoms with Crippen LogP contribution in [0.4, 0.5) is 5.69 Å². The molecular formula is C20H18N2O4. The highest BCUT2D eigenvalue weighted by molar-refractivity contribution is 6.16. The van der Waals surface area contributed by atoms with Crippen LogP contribution in [0.15, 0.2) is 48.5 Å². The first-order valence-corrected chi connectivity index (χ1v) is 8.02. The summed E-state index contributed by atoms with van der Waals surface area (Å²) in [5.74, 6) is -3.52. The van der Waals surface area contributed by atoms with Crippen molar-refractivity contribution < 1.29 is 19.1 Å². The maximum atomic E-state index is 12.5. The summed E-state index contributed by atoms with van der Waals surface area (Å²) in [5.41, 5.74) is 1.88. The van der Waals surface area contributed by atoms with E-state index < -0.39 is 23.6 Å². The van der Waals surface area contributed by atoms with Crippen molar-refractivity contribution in [2.75, 3.05) is 12.4 Å². The number of nitriles is 1. The molecule has 2 rings (SSSR count). The Labute approximate surface area is 151 Å². The highest BCUT2D eigenvalue weighted by Gasteiger charge is 2.28. The zero-order valence-corrected chi connectivity index (χ0v) is 14.5. The van der Waals surface area contributed by atoms with Crippen LogP contribution in [0.2, 0.25) is 0 Å². The Morgan fingerprint density at radius 1 is 1.12 bits per heavy atom. The maximum absolute atomic E-state index is 12.5. The van der Waals surface area contributed by atoms with E-state index in [0.29, 0.717) is 5.69 Å². The average molecular weight is 350 g/mol. The molecule has 2 aromatic rings. The highest BCUT2D eigenvalue weighted by atomic mass is 16.5. The van der Waals surface area contributed by atoms with Gasteiger partial charge in [-0.3, -0.25) is 9.59 Å². The molecule has 26 heavy (non-hydrogen) atoms. The van der Waals surface area contributed by atoms with Crippen molar-refractivity contribution in [3.63, 3.8) is 0 Å². The molecule has 1 unspecified atom stereocenters. The number of ketones is 1. The molecule has 1 N–H and O–H groups in total. The Hall–Kier alpha value is -3.46. The van der Waals surface area contributed by atoms with Gasteiger partial charge in [0.15, 0.2) is 11.7 Å². The van der Waals surface area contributed by atoms with Gasteiger partial charge in [0.25, 0.3) is 0 Å². The van der Waals surface area contributed by atoms with Crippen molar-refractivity contribution in [1.29, 1.82) is 5.26 Å². The normalized spacial score (nSPS) is 11.1. The van der Waals surface area contributed by atoms with Crippen LogP contribution in [0.3, 0.4) is 0 Å². The number of Topliss-reactive ketones (excluding diaryl/α,β-unsaturated/α-hetero) is 1. The van der Waals surface area contributed by atoms with Crippen LogP contribution >= 0.6 is 0 Å². The quantitative estimate of drug-likeness (QED) is 0.491. The van der Waals surface area contributed by atoms with Gasteiger partial charge in [-0.05, 0) is 36.2 Å². The third-order valence-electron chi connectivity index (χ3n) is 3.85. The van der Waals surface area contributed by atoms with Gasteiger partial charge < -0.3 is 10.1 Å². The van der Waals surface area contributed by atoms with Crippen molar-refractivity contribution >= 4 is 23.3 Å². The van der Waals surface area contributed by atoms with Gasteiger partial charge in [0.1, 0.15) is 0 Å². The van der Waals surface area contributed by atoms with Gasteiger partial charge >= 0.3 is 5.97 Å². The molecule has 0 aliphatic heterocycles. The molecular weight excluding hydrogens is 332 g/mol. The van der Waals surface area contributed by atoms with Crippen LogP contribution in [0.5, 0.6) is 0 Å². The summed E-state index contributed by atoms with van der Waals surface area (Å²) in [6.45, 7) is 2.01. The second-order valence-electron chi connectivity index (χ2n) is 5.54. The van der Waals surface area contributed by atoms with Gasteiger partial charge in [0.2, 0.25) is 5.91 Å². The molecule has 132 valence electrons. The predicted octanol–water partition coefficient (Wildman–Crippen LogP) is 3.00. The first kappa shape index (κ1) is 18.9. The summed E-state index contributed by atoms with van der Waals surface area (Å²) >= 11 is 0. The van der Waals surface area contributed by atoms with Gasteiger partial charge in [0.05, 0.1) is 18.7 Å². The van der Waals surface area contributed by atoms with E-state index in [0.717, 1.165) is 12.0 Å². The predicted molar refractivity (Wildman–Crippen MR) is 95.7 cm³/mol. The number of hydrogen-bond acceptors (Lipinski definition) is 5. The molecule has 6 nitrogen and oxygen atoms in total. The van der Waals surface area contributed by atoms with E-state index in [-0.39, 0.29) is 11.1 Å². The van der Waals surface area contributed by atoms with Crippen LogP contribution in [0.25, 0.3) is 0 Å². The molecule has 0 saturated heterocycles. The number of carbonyl (C=O) groups excluding carboxylic acids is 3. The van der Waals surface area contributed by atoms with E-state index in [1.165, 1.54) is 31.4 Å². The van der Waals surface area contributed by atoms with Gasteiger partial charge in [0, 0.05) is 11.3 Å². The minimum absolute atomic E-state index is 0.0935. The molecule has 2 aromatic carbocycles. The third kappa shape index (κ3) is 4.33. The second kappa shape index (κ2) is 8.58. The Morgan fingerprint density at radius 3 is 2.35 bits per heavy atom. The summed E-state index contributed by atoms with van der Waals surface area (Å²) in [4.78, 5) is 36.5. The van der Waals surface area contributed by atoms with E-state index in [1.54, 1.807) is 18.2 Å². The number of nitrogens with zero attached hydrogens (tertiary/aromatic N) is 1. The minimum Gasteiger partial charge on any atom is -0.465 e. The molecule has 0 heterocycles. The van der Waals surface area contributed by atoms with Crippen LogP contribution in [-0.4, -0.2) is 24.8 Å². The van der Waals surface area contributed by atoms with Crippen LogP contribution in [0, 0.1) is 17.2 Å². The van der Waals surface area contributed by atoms with Crippen molar-refractivity contribution in [3.05, 3.63) is 65.2 Å². The number of carbonyl (C=O) groups is 3. The topological polar surface area (TPSA) is 96.3 Å². The van der Waals surface area contributed by atoms with Crippen LogP contribution in [-0.2, 0) is 16.0 Å². The largest absolute Gasteiger partial charge is 0.465 e. The number of hydrogen-bond donors (Lipinski definition) is 1. The number of rotatable bonds is 6. The number of benzene rings is 2. The minimum atomic E-state index is -1.52. The van der Waals surface area contributed by atoms with E-state index >= 15 is 0 Å². The van der Waals surface area contributed by atoms with E-state index in [4.69, 9.17) is 0 Å². The van der Waals surface area contributed by atoms with Crippen LogP contribution in [0.1, 0.15) is 33.2 Å². The van der Waals surface area contributed by atoms with E-state index in [1.807, 2.05) is 19.1 Å². The van der Waals surface area contributed by atoms with Crippen molar-refractivity contribution in [2.24, 2.45) is 5.92 Å². The summed E-state index contributed by atoms with van der Waals surface area (Å²) in [7, 11) is 1.23. The molecule has 0 spiro atoms. The van der Waals surface area contributed by atoms with E-state index in [2.05, 4.69) is 10.1 Å². The summed E-state index contributed by atoms with van der Waals surface area (Å²) in [6, 6.07) is 14.6. The Balaban J connectivity index is 2.18.